The predicted octanol–water partition coefficient (Wildman–Crippen LogP) is 1.41. The highest BCUT2D eigenvalue weighted by atomic mass is 16.5. The lowest BCUT2D eigenvalue weighted by Crippen LogP contribution is -2.41. The molecule has 1 N–H and O–H groups in total. The number of rotatable bonds is 1. The van der Waals surface area contributed by atoms with Crippen molar-refractivity contribution in [3.05, 3.63) is 23.8 Å². The number of carbonyl (C=O) groups excluding carboxylic acids is 1. The van der Waals surface area contributed by atoms with E-state index in [1.54, 1.807) is 4.90 Å². The molecule has 2 aliphatic rings. The summed E-state index contributed by atoms with van der Waals surface area (Å²) >= 11 is 0. The van der Waals surface area contributed by atoms with Crippen LogP contribution in [0, 0.1) is 0 Å². The van der Waals surface area contributed by atoms with Crippen LogP contribution in [0.25, 0.3) is 0 Å². The summed E-state index contributed by atoms with van der Waals surface area (Å²) in [5.74, 6) is 0.0482. The van der Waals surface area contributed by atoms with Crippen LogP contribution in [0.3, 0.4) is 0 Å². The van der Waals surface area contributed by atoms with E-state index in [1.165, 1.54) is 17.7 Å². The van der Waals surface area contributed by atoms with Gasteiger partial charge in [0.05, 0.1) is 6.61 Å². The highest BCUT2D eigenvalue weighted by Gasteiger charge is 2.21. The van der Waals surface area contributed by atoms with Crippen molar-refractivity contribution in [3.8, 4) is 0 Å². The van der Waals surface area contributed by atoms with E-state index in [4.69, 9.17) is 4.74 Å². The van der Waals surface area contributed by atoms with E-state index in [2.05, 4.69) is 17.4 Å². The Kier molecular flexibility index (Phi) is 2.73. The Morgan fingerprint density at radius 2 is 2.29 bits per heavy atom. The zero-order valence-corrected chi connectivity index (χ0v) is 9.74. The van der Waals surface area contributed by atoms with Gasteiger partial charge < -0.3 is 15.0 Å². The van der Waals surface area contributed by atoms with Gasteiger partial charge in [0.15, 0.2) is 0 Å². The largest absolute Gasteiger partial charge is 0.385 e. The summed E-state index contributed by atoms with van der Waals surface area (Å²) < 4.78 is 5.14. The van der Waals surface area contributed by atoms with Gasteiger partial charge in [-0.05, 0) is 30.5 Å². The monoisotopic (exact) mass is 232 g/mol. The first-order valence-corrected chi connectivity index (χ1v) is 6.09. The molecule has 1 amide bonds. The summed E-state index contributed by atoms with van der Waals surface area (Å²) in [6, 6.07) is 6.24. The second kappa shape index (κ2) is 4.37. The quantitative estimate of drug-likeness (QED) is 0.796. The average Bonchev–Trinajstić information content (AvgIpc) is 2.39. The molecule has 0 atom stereocenters. The number of nitrogens with zero attached hydrogens (tertiary/aromatic N) is 1. The van der Waals surface area contributed by atoms with Gasteiger partial charge in [-0.3, -0.25) is 4.79 Å². The van der Waals surface area contributed by atoms with Crippen LogP contribution in [0.2, 0.25) is 0 Å². The normalized spacial score (nSPS) is 19.8. The second-order valence-corrected chi connectivity index (χ2v) is 4.47. The first-order chi connectivity index (χ1) is 8.34. The third kappa shape index (κ3) is 2.00. The van der Waals surface area contributed by atoms with Gasteiger partial charge in [0.2, 0.25) is 0 Å². The lowest BCUT2D eigenvalue weighted by Gasteiger charge is -2.28. The number of hydrogen-bond donors (Lipinski definition) is 1. The number of carbonyl (C=O) groups is 1. The minimum Gasteiger partial charge on any atom is -0.385 e. The Morgan fingerprint density at radius 3 is 3.18 bits per heavy atom. The van der Waals surface area contributed by atoms with Crippen molar-refractivity contribution in [2.75, 3.05) is 36.5 Å². The highest BCUT2D eigenvalue weighted by molar-refractivity contribution is 5.95. The minimum absolute atomic E-state index is 0.0482. The Bertz CT molecular complexity index is 445. The number of fused-ring (bicyclic) bond motifs is 1. The van der Waals surface area contributed by atoms with Crippen molar-refractivity contribution >= 4 is 17.3 Å². The van der Waals surface area contributed by atoms with Crippen molar-refractivity contribution in [3.63, 3.8) is 0 Å². The second-order valence-electron chi connectivity index (χ2n) is 4.47. The minimum atomic E-state index is 0.0482. The summed E-state index contributed by atoms with van der Waals surface area (Å²) in [5, 5.41) is 3.39. The molecule has 4 nitrogen and oxygen atoms in total. The maximum Gasteiger partial charge on any atom is 0.253 e. The zero-order chi connectivity index (χ0) is 11.7. The molecule has 0 spiro atoms. The summed E-state index contributed by atoms with van der Waals surface area (Å²) in [6.45, 7) is 2.49. The van der Waals surface area contributed by atoms with Gasteiger partial charge in [0.1, 0.15) is 6.61 Å². The number of amides is 1. The molecule has 0 unspecified atom stereocenters. The van der Waals surface area contributed by atoms with Crippen molar-refractivity contribution in [2.45, 2.75) is 12.8 Å². The molecule has 3 rings (SSSR count). The van der Waals surface area contributed by atoms with Crippen LogP contribution in [0.5, 0.6) is 0 Å². The highest BCUT2D eigenvalue weighted by Crippen LogP contribution is 2.28. The summed E-state index contributed by atoms with van der Waals surface area (Å²) in [7, 11) is 0. The number of benzene rings is 1. The average molecular weight is 232 g/mol. The first-order valence-electron chi connectivity index (χ1n) is 6.09. The number of nitrogens with one attached hydrogen (secondary N) is 1. The van der Waals surface area contributed by atoms with Gasteiger partial charge in [-0.2, -0.15) is 0 Å². The number of hydrogen-bond acceptors (Lipinski definition) is 3. The van der Waals surface area contributed by atoms with E-state index in [1.807, 2.05) is 6.07 Å². The zero-order valence-electron chi connectivity index (χ0n) is 9.74. The molecule has 0 aromatic heterocycles. The summed E-state index contributed by atoms with van der Waals surface area (Å²) in [5.41, 5.74) is 3.50. The van der Waals surface area contributed by atoms with Crippen molar-refractivity contribution in [1.82, 2.24) is 0 Å². The Labute approximate surface area is 101 Å². The van der Waals surface area contributed by atoms with Crippen LogP contribution >= 0.6 is 0 Å². The smallest absolute Gasteiger partial charge is 0.253 e. The first kappa shape index (κ1) is 10.6. The van der Waals surface area contributed by atoms with Gasteiger partial charge in [0, 0.05) is 24.5 Å². The SMILES string of the molecule is O=C1COCCN1c1ccc2c(c1)NCCC2. The molecule has 0 bridgehead atoms. The Hall–Kier alpha value is -1.55. The third-order valence-corrected chi connectivity index (χ3v) is 3.33. The standard InChI is InChI=1S/C13H16N2O2/c16-13-9-17-7-6-15(13)11-4-3-10-2-1-5-14-12(10)8-11/h3-4,8,14H,1-2,5-7,9H2. The molecule has 0 aliphatic carbocycles. The number of morpholine rings is 1. The molecule has 1 saturated heterocycles. The topological polar surface area (TPSA) is 41.6 Å². The molecule has 90 valence electrons. The molecule has 4 heteroatoms. The molecule has 1 aromatic rings. The molecule has 17 heavy (non-hydrogen) atoms. The van der Waals surface area contributed by atoms with E-state index in [-0.39, 0.29) is 12.5 Å². The third-order valence-electron chi connectivity index (χ3n) is 3.33. The fourth-order valence-electron chi connectivity index (χ4n) is 2.41. The van der Waals surface area contributed by atoms with Crippen LogP contribution in [0.15, 0.2) is 18.2 Å². The lowest BCUT2D eigenvalue weighted by molar-refractivity contribution is -0.125. The van der Waals surface area contributed by atoms with E-state index < -0.39 is 0 Å². The van der Waals surface area contributed by atoms with E-state index in [0.717, 1.165) is 18.7 Å². The van der Waals surface area contributed by atoms with E-state index >= 15 is 0 Å². The molecule has 1 aromatic carbocycles. The Balaban J connectivity index is 1.89. The fraction of sp³-hybridized carbons (Fsp3) is 0.462. The van der Waals surface area contributed by atoms with Crippen molar-refractivity contribution in [2.24, 2.45) is 0 Å². The van der Waals surface area contributed by atoms with Crippen LogP contribution in [-0.2, 0) is 16.0 Å². The maximum absolute atomic E-state index is 11.7. The van der Waals surface area contributed by atoms with Gasteiger partial charge in [-0.1, -0.05) is 6.07 Å². The van der Waals surface area contributed by atoms with Gasteiger partial charge >= 0.3 is 0 Å². The molecule has 2 aliphatic heterocycles. The fourth-order valence-corrected chi connectivity index (χ4v) is 2.41. The molecule has 0 radical (unpaired) electrons. The van der Waals surface area contributed by atoms with Gasteiger partial charge in [0.25, 0.3) is 5.91 Å². The molecule has 1 fully saturated rings. The van der Waals surface area contributed by atoms with Gasteiger partial charge in [-0.15, -0.1) is 0 Å². The number of ether oxygens (including phenoxy) is 1. The summed E-state index contributed by atoms with van der Waals surface area (Å²) in [4.78, 5) is 13.5. The molecular weight excluding hydrogens is 216 g/mol. The van der Waals surface area contributed by atoms with E-state index in [0.29, 0.717) is 13.2 Å². The van der Waals surface area contributed by atoms with Gasteiger partial charge in [-0.25, -0.2) is 0 Å². The molecular formula is C13H16N2O2. The number of anilines is 2. The molecule has 0 saturated carbocycles. The number of aryl methyl sites for hydroxylation is 1. The lowest BCUT2D eigenvalue weighted by atomic mass is 10.0. The Morgan fingerprint density at radius 1 is 1.35 bits per heavy atom. The van der Waals surface area contributed by atoms with Crippen LogP contribution in [-0.4, -0.2) is 32.2 Å². The maximum atomic E-state index is 11.7. The van der Waals surface area contributed by atoms with Crippen LogP contribution in [0.4, 0.5) is 11.4 Å². The molecule has 2 heterocycles. The van der Waals surface area contributed by atoms with Crippen LogP contribution in [0.1, 0.15) is 12.0 Å². The predicted molar refractivity (Wildman–Crippen MR) is 66.4 cm³/mol. The van der Waals surface area contributed by atoms with Crippen molar-refractivity contribution < 1.29 is 9.53 Å². The van der Waals surface area contributed by atoms with E-state index in [9.17, 15) is 4.79 Å². The van der Waals surface area contributed by atoms with Crippen LogP contribution < -0.4 is 10.2 Å². The van der Waals surface area contributed by atoms with Crippen molar-refractivity contribution in [1.29, 1.82) is 0 Å². The summed E-state index contributed by atoms with van der Waals surface area (Å²) in [6.07, 6.45) is 2.31.